The van der Waals surface area contributed by atoms with Gasteiger partial charge in [0.25, 0.3) is 0 Å². The molecule has 18 heavy (non-hydrogen) atoms. The summed E-state index contributed by atoms with van der Waals surface area (Å²) in [5.41, 5.74) is -1.59. The van der Waals surface area contributed by atoms with Crippen LogP contribution in [0.15, 0.2) is 18.2 Å². The van der Waals surface area contributed by atoms with E-state index in [0.29, 0.717) is 12.1 Å². The second kappa shape index (κ2) is 4.93. The summed E-state index contributed by atoms with van der Waals surface area (Å²) in [5.74, 6) is -2.73. The Morgan fingerprint density at radius 2 is 1.89 bits per heavy atom. The Bertz CT molecular complexity index is 457. The van der Waals surface area contributed by atoms with Crippen LogP contribution in [0.4, 0.5) is 17.6 Å². The molecule has 0 heterocycles. The standard InChI is InChI=1S/C11H11F4NO2/c1-16(2)9(10(17)18)6-3-4-8(12)7(5-6)11(13,14)15/h3-5,9H,1-2H3,(H,17,18). The lowest BCUT2D eigenvalue weighted by atomic mass is 10.0. The molecule has 0 saturated heterocycles. The van der Waals surface area contributed by atoms with E-state index in [2.05, 4.69) is 0 Å². The fourth-order valence-corrected chi connectivity index (χ4v) is 1.59. The number of halogens is 4. The Morgan fingerprint density at radius 3 is 2.28 bits per heavy atom. The van der Waals surface area contributed by atoms with Crippen molar-refractivity contribution in [2.75, 3.05) is 14.1 Å². The zero-order valence-electron chi connectivity index (χ0n) is 9.62. The molecular weight excluding hydrogens is 254 g/mol. The maximum atomic E-state index is 13.1. The molecule has 3 nitrogen and oxygen atoms in total. The van der Waals surface area contributed by atoms with Gasteiger partial charge in [0.1, 0.15) is 11.9 Å². The molecule has 0 radical (unpaired) electrons. The number of aliphatic carboxylic acids is 1. The predicted molar refractivity (Wildman–Crippen MR) is 55.5 cm³/mol. The van der Waals surface area contributed by atoms with Crippen LogP contribution in [0.2, 0.25) is 0 Å². The normalized spacial score (nSPS) is 13.7. The monoisotopic (exact) mass is 265 g/mol. The van der Waals surface area contributed by atoms with E-state index in [1.54, 1.807) is 0 Å². The molecule has 0 aromatic heterocycles. The first-order chi connectivity index (χ1) is 8.14. The number of likely N-dealkylation sites (N-methyl/N-ethyl adjacent to an activating group) is 1. The third kappa shape index (κ3) is 2.98. The van der Waals surface area contributed by atoms with E-state index in [1.165, 1.54) is 19.0 Å². The minimum Gasteiger partial charge on any atom is -0.480 e. The molecule has 0 aliphatic heterocycles. The van der Waals surface area contributed by atoms with E-state index >= 15 is 0 Å². The van der Waals surface area contributed by atoms with Crippen molar-refractivity contribution in [2.24, 2.45) is 0 Å². The van der Waals surface area contributed by atoms with Crippen molar-refractivity contribution in [2.45, 2.75) is 12.2 Å². The molecule has 0 aliphatic rings. The van der Waals surface area contributed by atoms with Gasteiger partial charge in [0.05, 0.1) is 5.56 Å². The Morgan fingerprint density at radius 1 is 1.33 bits per heavy atom. The molecule has 1 aromatic rings. The smallest absolute Gasteiger partial charge is 0.419 e. The molecule has 0 spiro atoms. The van der Waals surface area contributed by atoms with Crippen molar-refractivity contribution in [1.82, 2.24) is 4.90 Å². The highest BCUT2D eigenvalue weighted by molar-refractivity contribution is 5.75. The van der Waals surface area contributed by atoms with Crippen molar-refractivity contribution >= 4 is 5.97 Å². The lowest BCUT2D eigenvalue weighted by Crippen LogP contribution is -2.27. The molecule has 1 aromatic carbocycles. The number of hydrogen-bond donors (Lipinski definition) is 1. The van der Waals surface area contributed by atoms with Crippen molar-refractivity contribution in [3.05, 3.63) is 35.1 Å². The SMILES string of the molecule is CN(C)C(C(=O)O)c1ccc(F)c(C(F)(F)F)c1. The summed E-state index contributed by atoms with van der Waals surface area (Å²) in [6.07, 6.45) is -4.85. The molecule has 1 N–H and O–H groups in total. The number of carboxylic acids is 1. The van der Waals surface area contributed by atoms with Gasteiger partial charge in [0.15, 0.2) is 0 Å². The van der Waals surface area contributed by atoms with Crippen molar-refractivity contribution in [3.8, 4) is 0 Å². The fourth-order valence-electron chi connectivity index (χ4n) is 1.59. The molecule has 1 unspecified atom stereocenters. The third-order valence-corrected chi connectivity index (χ3v) is 2.36. The van der Waals surface area contributed by atoms with E-state index in [4.69, 9.17) is 5.11 Å². The lowest BCUT2D eigenvalue weighted by molar-refractivity contribution is -0.143. The van der Waals surface area contributed by atoms with Gasteiger partial charge in [-0.2, -0.15) is 13.2 Å². The van der Waals surface area contributed by atoms with Gasteiger partial charge >= 0.3 is 12.1 Å². The number of benzene rings is 1. The van der Waals surface area contributed by atoms with Crippen LogP contribution in [0.5, 0.6) is 0 Å². The fraction of sp³-hybridized carbons (Fsp3) is 0.364. The number of carboxylic acid groups (broad SMARTS) is 1. The largest absolute Gasteiger partial charge is 0.480 e. The van der Waals surface area contributed by atoms with Gasteiger partial charge in [-0.05, 0) is 31.8 Å². The van der Waals surface area contributed by atoms with Gasteiger partial charge in [-0.3, -0.25) is 9.69 Å². The molecule has 0 amide bonds. The van der Waals surface area contributed by atoms with Crippen molar-refractivity contribution < 1.29 is 27.5 Å². The number of rotatable bonds is 3. The Balaban J connectivity index is 3.31. The Labute approximate surface area is 101 Å². The van der Waals surface area contributed by atoms with Gasteiger partial charge < -0.3 is 5.11 Å². The summed E-state index contributed by atoms with van der Waals surface area (Å²) in [7, 11) is 2.82. The van der Waals surface area contributed by atoms with Crippen LogP contribution in [0.25, 0.3) is 0 Å². The number of carbonyl (C=O) groups is 1. The van der Waals surface area contributed by atoms with Crippen LogP contribution in [-0.4, -0.2) is 30.1 Å². The highest BCUT2D eigenvalue weighted by Gasteiger charge is 2.35. The van der Waals surface area contributed by atoms with Gasteiger partial charge in [-0.25, -0.2) is 4.39 Å². The van der Waals surface area contributed by atoms with E-state index < -0.39 is 29.6 Å². The summed E-state index contributed by atoms with van der Waals surface area (Å²) in [6.45, 7) is 0. The second-order valence-electron chi connectivity index (χ2n) is 3.94. The first-order valence-electron chi connectivity index (χ1n) is 4.90. The van der Waals surface area contributed by atoms with Crippen LogP contribution in [0, 0.1) is 5.82 Å². The Hall–Kier alpha value is -1.63. The summed E-state index contributed by atoms with van der Waals surface area (Å²) in [4.78, 5) is 12.2. The summed E-state index contributed by atoms with van der Waals surface area (Å²) < 4.78 is 50.5. The number of nitrogens with zero attached hydrogens (tertiary/aromatic N) is 1. The second-order valence-corrected chi connectivity index (χ2v) is 3.94. The van der Waals surface area contributed by atoms with E-state index in [9.17, 15) is 22.4 Å². The zero-order valence-corrected chi connectivity index (χ0v) is 9.62. The number of alkyl halides is 3. The zero-order chi connectivity index (χ0) is 14.1. The third-order valence-electron chi connectivity index (χ3n) is 2.36. The molecule has 100 valence electrons. The summed E-state index contributed by atoms with van der Waals surface area (Å²) >= 11 is 0. The lowest BCUT2D eigenvalue weighted by Gasteiger charge is -2.21. The van der Waals surface area contributed by atoms with Crippen LogP contribution in [0.3, 0.4) is 0 Å². The summed E-state index contributed by atoms with van der Waals surface area (Å²) in [5, 5.41) is 8.94. The van der Waals surface area contributed by atoms with Crippen molar-refractivity contribution in [3.63, 3.8) is 0 Å². The highest BCUT2D eigenvalue weighted by Crippen LogP contribution is 2.33. The number of hydrogen-bond acceptors (Lipinski definition) is 2. The van der Waals surface area contributed by atoms with Crippen LogP contribution in [0.1, 0.15) is 17.2 Å². The van der Waals surface area contributed by atoms with Crippen LogP contribution < -0.4 is 0 Å². The van der Waals surface area contributed by atoms with Crippen LogP contribution in [-0.2, 0) is 11.0 Å². The van der Waals surface area contributed by atoms with Gasteiger partial charge in [0.2, 0.25) is 0 Å². The molecule has 1 atom stereocenters. The topological polar surface area (TPSA) is 40.5 Å². The highest BCUT2D eigenvalue weighted by atomic mass is 19.4. The van der Waals surface area contributed by atoms with E-state index in [-0.39, 0.29) is 5.56 Å². The molecule has 0 fully saturated rings. The minimum atomic E-state index is -4.85. The Kier molecular flexibility index (Phi) is 3.95. The van der Waals surface area contributed by atoms with Gasteiger partial charge in [-0.15, -0.1) is 0 Å². The maximum absolute atomic E-state index is 13.1. The molecule has 0 aliphatic carbocycles. The van der Waals surface area contributed by atoms with E-state index in [1.807, 2.05) is 0 Å². The van der Waals surface area contributed by atoms with E-state index in [0.717, 1.165) is 6.07 Å². The summed E-state index contributed by atoms with van der Waals surface area (Å²) in [6, 6.07) is 0.918. The van der Waals surface area contributed by atoms with Gasteiger partial charge in [-0.1, -0.05) is 6.07 Å². The predicted octanol–water partition coefficient (Wildman–Crippen LogP) is 2.53. The average molecular weight is 265 g/mol. The molecule has 0 saturated carbocycles. The molecule has 0 bridgehead atoms. The molecule has 1 rings (SSSR count). The average Bonchev–Trinajstić information content (AvgIpc) is 2.17. The molecular formula is C11H11F4NO2. The quantitative estimate of drug-likeness (QED) is 0.854. The van der Waals surface area contributed by atoms with Gasteiger partial charge in [0, 0.05) is 0 Å². The first-order valence-corrected chi connectivity index (χ1v) is 4.90. The minimum absolute atomic E-state index is 0.124. The van der Waals surface area contributed by atoms with Crippen LogP contribution >= 0.6 is 0 Å². The maximum Gasteiger partial charge on any atom is 0.419 e. The molecule has 7 heteroatoms. The van der Waals surface area contributed by atoms with Crippen molar-refractivity contribution in [1.29, 1.82) is 0 Å². The first kappa shape index (κ1) is 14.4.